The molecule has 14 aromatic rings. The van der Waals surface area contributed by atoms with Crippen molar-refractivity contribution in [3.63, 3.8) is 0 Å². The molecule has 4 heterocycles. The molecule has 0 aliphatic carbocycles. The van der Waals surface area contributed by atoms with Gasteiger partial charge in [0, 0.05) is 73.2 Å². The third-order valence-electron chi connectivity index (χ3n) is 14.6. The summed E-state index contributed by atoms with van der Waals surface area (Å²) in [6.45, 7) is 0. The molecule has 348 valence electrons. The number of fused-ring (bicyclic) bond motifs is 10. The van der Waals surface area contributed by atoms with Crippen molar-refractivity contribution >= 4 is 106 Å². The quantitative estimate of drug-likeness (QED) is 0.152. The van der Waals surface area contributed by atoms with Gasteiger partial charge in [-0.2, -0.15) is 0 Å². The minimum atomic E-state index is 0.837. The molecule has 15 rings (SSSR count). The van der Waals surface area contributed by atoms with Crippen LogP contribution in [-0.2, 0) is 0 Å². The van der Waals surface area contributed by atoms with Gasteiger partial charge in [0.2, 0.25) is 0 Å². The molecule has 11 aromatic carbocycles. The molecule has 0 atom stereocenters. The molecule has 0 saturated carbocycles. The van der Waals surface area contributed by atoms with E-state index in [2.05, 4.69) is 262 Å². The topological polar surface area (TPSA) is 40.9 Å². The SMILES string of the molecule is c1ccc(N2c3ccccc3N(c3ccccc3)c3c2c2cc(-c4cccc(-c5cccc(N(c6ccc7c(c6)oc6ccccc67)c6ccc7c(c6)oc6ccccc67)c5)c4)ccc2n3-c2ccccc2)cc1. The lowest BCUT2D eigenvalue weighted by Gasteiger charge is -2.39. The lowest BCUT2D eigenvalue weighted by molar-refractivity contribution is 0.669. The Kier molecular flexibility index (Phi) is 9.47. The summed E-state index contributed by atoms with van der Waals surface area (Å²) in [7, 11) is 0. The molecule has 74 heavy (non-hydrogen) atoms. The largest absolute Gasteiger partial charge is 0.456 e. The summed E-state index contributed by atoms with van der Waals surface area (Å²) in [4.78, 5) is 7.18. The van der Waals surface area contributed by atoms with Crippen molar-refractivity contribution in [1.82, 2.24) is 4.57 Å². The highest BCUT2D eigenvalue weighted by Gasteiger charge is 2.36. The minimum Gasteiger partial charge on any atom is -0.456 e. The van der Waals surface area contributed by atoms with Crippen molar-refractivity contribution in [2.45, 2.75) is 0 Å². The molecular formula is C68H44N4O2. The van der Waals surface area contributed by atoms with Crippen LogP contribution in [-0.4, -0.2) is 4.57 Å². The molecule has 0 bridgehead atoms. The molecule has 0 unspecified atom stereocenters. The normalized spacial score (nSPS) is 12.3. The Morgan fingerprint density at radius 2 is 0.743 bits per heavy atom. The highest BCUT2D eigenvalue weighted by atomic mass is 16.3. The fraction of sp³-hybridized carbons (Fsp3) is 0. The highest BCUT2D eigenvalue weighted by molar-refractivity contribution is 6.14. The van der Waals surface area contributed by atoms with E-state index >= 15 is 0 Å². The van der Waals surface area contributed by atoms with Gasteiger partial charge in [0.25, 0.3) is 0 Å². The van der Waals surface area contributed by atoms with E-state index in [9.17, 15) is 0 Å². The van der Waals surface area contributed by atoms with Crippen LogP contribution in [0.15, 0.2) is 276 Å². The first-order chi connectivity index (χ1) is 36.7. The number of rotatable bonds is 8. The molecule has 0 radical (unpaired) electrons. The van der Waals surface area contributed by atoms with Gasteiger partial charge in [0.1, 0.15) is 28.1 Å². The standard InChI is InChI=1S/C68H44N4O2/c1-4-21-49(22-5-1)70-61-30-12-13-31-62(61)72(51-25-8-3-9-26-51)68-67(70)59-42-48(34-39-60(59)71(68)50-23-6-2-7-24-50)46-19-16-18-45(40-46)47-20-17-27-52(41-47)69(53-35-37-57-55-28-10-14-32-63(55)73-65(57)43-53)54-36-38-58-56-29-11-15-33-64(56)74-66(58)44-54/h1-44H. The number of hydrogen-bond donors (Lipinski definition) is 0. The number of para-hydroxylation sites is 7. The van der Waals surface area contributed by atoms with E-state index in [-0.39, 0.29) is 0 Å². The lowest BCUT2D eigenvalue weighted by atomic mass is 9.97. The van der Waals surface area contributed by atoms with Crippen molar-refractivity contribution < 1.29 is 8.83 Å². The van der Waals surface area contributed by atoms with E-state index in [1.165, 1.54) is 0 Å². The van der Waals surface area contributed by atoms with E-state index in [1.54, 1.807) is 0 Å². The zero-order valence-electron chi connectivity index (χ0n) is 40.0. The number of aromatic nitrogens is 1. The predicted molar refractivity (Wildman–Crippen MR) is 306 cm³/mol. The molecule has 6 heteroatoms. The summed E-state index contributed by atoms with van der Waals surface area (Å²) in [6.07, 6.45) is 0. The maximum atomic E-state index is 6.47. The Morgan fingerprint density at radius 1 is 0.284 bits per heavy atom. The van der Waals surface area contributed by atoms with Crippen LogP contribution < -0.4 is 14.7 Å². The Balaban J connectivity index is 0.888. The summed E-state index contributed by atoms with van der Waals surface area (Å²) in [6, 6.07) is 95.3. The fourth-order valence-corrected chi connectivity index (χ4v) is 11.3. The van der Waals surface area contributed by atoms with Gasteiger partial charge in [0.15, 0.2) is 0 Å². The summed E-state index contributed by atoms with van der Waals surface area (Å²) >= 11 is 0. The van der Waals surface area contributed by atoms with Crippen molar-refractivity contribution in [2.24, 2.45) is 0 Å². The van der Waals surface area contributed by atoms with Gasteiger partial charge in [-0.3, -0.25) is 9.47 Å². The fourth-order valence-electron chi connectivity index (χ4n) is 11.3. The zero-order chi connectivity index (χ0) is 48.7. The number of furan rings is 2. The van der Waals surface area contributed by atoms with E-state index in [0.717, 1.165) is 134 Å². The van der Waals surface area contributed by atoms with Crippen LogP contribution >= 0.6 is 0 Å². The van der Waals surface area contributed by atoms with Gasteiger partial charge in [-0.25, -0.2) is 0 Å². The van der Waals surface area contributed by atoms with Gasteiger partial charge in [0.05, 0.1) is 22.6 Å². The molecule has 3 aromatic heterocycles. The summed E-state index contributed by atoms with van der Waals surface area (Å²) in [5, 5.41) is 5.53. The molecule has 0 fully saturated rings. The molecular weight excluding hydrogens is 905 g/mol. The Hall–Kier alpha value is -10.0. The molecule has 6 nitrogen and oxygen atoms in total. The summed E-state index contributed by atoms with van der Waals surface area (Å²) in [5.41, 5.74) is 18.6. The molecule has 0 N–H and O–H groups in total. The Morgan fingerprint density at radius 3 is 1.35 bits per heavy atom. The van der Waals surface area contributed by atoms with Crippen molar-refractivity contribution in [2.75, 3.05) is 14.7 Å². The second-order valence-corrected chi connectivity index (χ2v) is 18.9. The monoisotopic (exact) mass is 948 g/mol. The molecule has 0 amide bonds. The van der Waals surface area contributed by atoms with Crippen LogP contribution in [0.25, 0.3) is 82.7 Å². The van der Waals surface area contributed by atoms with Gasteiger partial charge >= 0.3 is 0 Å². The second-order valence-electron chi connectivity index (χ2n) is 18.9. The van der Waals surface area contributed by atoms with Crippen LogP contribution in [0.5, 0.6) is 0 Å². The molecule has 0 saturated heterocycles. The van der Waals surface area contributed by atoms with Crippen LogP contribution in [0, 0.1) is 0 Å². The van der Waals surface area contributed by atoms with Crippen LogP contribution in [0.1, 0.15) is 0 Å². The predicted octanol–water partition coefficient (Wildman–Crippen LogP) is 19.5. The van der Waals surface area contributed by atoms with Crippen molar-refractivity contribution in [1.29, 1.82) is 0 Å². The third-order valence-corrected chi connectivity index (χ3v) is 14.6. The van der Waals surface area contributed by atoms with Crippen LogP contribution in [0.2, 0.25) is 0 Å². The first-order valence-corrected chi connectivity index (χ1v) is 25.1. The zero-order valence-corrected chi connectivity index (χ0v) is 40.0. The molecule has 1 aliphatic heterocycles. The Labute approximate surface area is 427 Å². The van der Waals surface area contributed by atoms with E-state index in [0.29, 0.717) is 0 Å². The number of nitrogens with zero attached hydrogens (tertiary/aromatic N) is 4. The van der Waals surface area contributed by atoms with Gasteiger partial charge in [-0.15, -0.1) is 0 Å². The minimum absolute atomic E-state index is 0.837. The average molecular weight is 949 g/mol. The van der Waals surface area contributed by atoms with Gasteiger partial charge in [-0.05, 0) is 138 Å². The summed E-state index contributed by atoms with van der Waals surface area (Å²) < 4.78 is 15.4. The lowest BCUT2D eigenvalue weighted by Crippen LogP contribution is -2.25. The van der Waals surface area contributed by atoms with Gasteiger partial charge < -0.3 is 18.6 Å². The average Bonchev–Trinajstić information content (AvgIpc) is 4.16. The van der Waals surface area contributed by atoms with Crippen LogP contribution in [0.3, 0.4) is 0 Å². The van der Waals surface area contributed by atoms with E-state index < -0.39 is 0 Å². The van der Waals surface area contributed by atoms with Gasteiger partial charge in [-0.1, -0.05) is 140 Å². The first-order valence-electron chi connectivity index (χ1n) is 25.1. The number of anilines is 9. The number of hydrogen-bond acceptors (Lipinski definition) is 5. The maximum Gasteiger partial charge on any atom is 0.148 e. The van der Waals surface area contributed by atoms with E-state index in [4.69, 9.17) is 8.83 Å². The van der Waals surface area contributed by atoms with E-state index in [1.807, 2.05) is 24.3 Å². The third kappa shape index (κ3) is 6.66. The molecule has 0 spiro atoms. The van der Waals surface area contributed by atoms with Crippen molar-refractivity contribution in [3.8, 4) is 27.9 Å². The number of benzene rings is 11. The first kappa shape index (κ1) is 41.7. The second kappa shape index (κ2) is 16.8. The summed E-state index contributed by atoms with van der Waals surface area (Å²) in [5.74, 6) is 1.08. The smallest absolute Gasteiger partial charge is 0.148 e. The van der Waals surface area contributed by atoms with Crippen LogP contribution in [0.4, 0.5) is 51.3 Å². The van der Waals surface area contributed by atoms with Crippen molar-refractivity contribution in [3.05, 3.63) is 267 Å². The Bertz CT molecular complexity index is 4340. The molecule has 1 aliphatic rings. The maximum absolute atomic E-state index is 6.47. The highest BCUT2D eigenvalue weighted by Crippen LogP contribution is 2.58.